The van der Waals surface area contributed by atoms with Gasteiger partial charge in [0.2, 0.25) is 0 Å². The molecule has 2 aromatic rings. The summed E-state index contributed by atoms with van der Waals surface area (Å²) < 4.78 is 22.3. The molecule has 2 rings (SSSR count). The molecule has 0 fully saturated rings. The Morgan fingerprint density at radius 2 is 1.83 bits per heavy atom. The summed E-state index contributed by atoms with van der Waals surface area (Å²) in [5.41, 5.74) is -2.24. The van der Waals surface area contributed by atoms with Crippen molar-refractivity contribution in [2.24, 2.45) is 14.1 Å². The number of carbonyl (C=O) groups is 2. The van der Waals surface area contributed by atoms with Crippen molar-refractivity contribution in [1.82, 2.24) is 19.0 Å². The molecule has 0 radical (unpaired) electrons. The van der Waals surface area contributed by atoms with Crippen LogP contribution < -0.4 is 21.4 Å². The molecular weight excluding hydrogens is 431 g/mol. The fourth-order valence-electron chi connectivity index (χ4n) is 2.31. The topological polar surface area (TPSA) is 125 Å². The van der Waals surface area contributed by atoms with Gasteiger partial charge in [0.25, 0.3) is 5.91 Å². The molecule has 0 bridgehead atoms. The van der Waals surface area contributed by atoms with Crippen molar-refractivity contribution in [1.29, 1.82) is 0 Å². The summed E-state index contributed by atoms with van der Waals surface area (Å²) in [6, 6.07) is 1.81. The lowest BCUT2D eigenvalue weighted by Gasteiger charge is -2.17. The SMILES string of the molecule is CC(Oc1cc(-n2c(=O)n(C)c(=S)n(C)c2=O)c(F)cc1Cl)C(=O)NCC(=O)O. The van der Waals surface area contributed by atoms with E-state index in [0.717, 1.165) is 21.3 Å². The van der Waals surface area contributed by atoms with Crippen LogP contribution in [0.1, 0.15) is 6.92 Å². The van der Waals surface area contributed by atoms with Crippen LogP contribution in [0.5, 0.6) is 5.75 Å². The molecule has 1 atom stereocenters. The van der Waals surface area contributed by atoms with Gasteiger partial charge in [-0.25, -0.2) is 18.5 Å². The van der Waals surface area contributed by atoms with E-state index in [1.54, 1.807) is 0 Å². The highest BCUT2D eigenvalue weighted by Crippen LogP contribution is 2.29. The molecule has 1 unspecified atom stereocenters. The number of amides is 1. The van der Waals surface area contributed by atoms with E-state index in [1.165, 1.54) is 21.0 Å². The number of carbonyl (C=O) groups excluding carboxylic acids is 1. The average molecular weight is 447 g/mol. The minimum atomic E-state index is -1.25. The number of ether oxygens (including phenoxy) is 1. The zero-order valence-electron chi connectivity index (χ0n) is 15.4. The van der Waals surface area contributed by atoms with Gasteiger partial charge in [0.1, 0.15) is 18.1 Å². The standard InChI is InChI=1S/C16H16ClFN4O6S/c1-7(13(25)19-6-12(23)24)28-11-5-10(9(18)4-8(11)17)22-14(26)20(2)16(29)21(3)15(22)27/h4-5,7H,6H2,1-3H3,(H,19,25)(H,23,24). The van der Waals surface area contributed by atoms with Crippen molar-refractivity contribution >= 4 is 35.7 Å². The second kappa shape index (κ2) is 8.57. The lowest BCUT2D eigenvalue weighted by molar-refractivity contribution is -0.139. The predicted octanol–water partition coefficient (Wildman–Crippen LogP) is 0.365. The van der Waals surface area contributed by atoms with Gasteiger partial charge in [-0.1, -0.05) is 11.6 Å². The van der Waals surface area contributed by atoms with Crippen LogP contribution in [0, 0.1) is 10.6 Å². The Bertz CT molecular complexity index is 1130. The van der Waals surface area contributed by atoms with E-state index in [2.05, 4.69) is 5.32 Å². The molecule has 10 nitrogen and oxygen atoms in total. The highest BCUT2D eigenvalue weighted by atomic mass is 35.5. The van der Waals surface area contributed by atoms with Gasteiger partial charge in [-0.05, 0) is 25.2 Å². The van der Waals surface area contributed by atoms with E-state index in [9.17, 15) is 23.6 Å². The van der Waals surface area contributed by atoms with Crippen molar-refractivity contribution in [3.8, 4) is 11.4 Å². The maximum atomic E-state index is 14.5. The van der Waals surface area contributed by atoms with Crippen molar-refractivity contribution in [2.75, 3.05) is 6.54 Å². The van der Waals surface area contributed by atoms with E-state index in [1.807, 2.05) is 0 Å². The van der Waals surface area contributed by atoms with Gasteiger partial charge in [-0.2, -0.15) is 0 Å². The van der Waals surface area contributed by atoms with Crippen LogP contribution >= 0.6 is 23.8 Å². The Balaban J connectivity index is 2.53. The van der Waals surface area contributed by atoms with Crippen LogP contribution in [-0.2, 0) is 23.7 Å². The zero-order valence-corrected chi connectivity index (χ0v) is 17.0. The van der Waals surface area contributed by atoms with Crippen LogP contribution in [-0.4, -0.2) is 43.3 Å². The van der Waals surface area contributed by atoms with Crippen LogP contribution in [0.4, 0.5) is 4.39 Å². The van der Waals surface area contributed by atoms with E-state index in [-0.39, 0.29) is 15.5 Å². The third-order valence-electron chi connectivity index (χ3n) is 3.86. The molecule has 13 heteroatoms. The first-order chi connectivity index (χ1) is 13.5. The lowest BCUT2D eigenvalue weighted by Crippen LogP contribution is -2.44. The number of carboxylic acids is 1. The van der Waals surface area contributed by atoms with Gasteiger partial charge in [0, 0.05) is 20.2 Å². The number of aliphatic carboxylic acids is 1. The smallest absolute Gasteiger partial charge is 0.338 e. The first-order valence-electron chi connectivity index (χ1n) is 8.00. The summed E-state index contributed by atoms with van der Waals surface area (Å²) in [4.78, 5) is 47.4. The summed E-state index contributed by atoms with van der Waals surface area (Å²) in [6.07, 6.45) is -1.20. The van der Waals surface area contributed by atoms with Gasteiger partial charge >= 0.3 is 17.3 Å². The van der Waals surface area contributed by atoms with Gasteiger partial charge in [0.15, 0.2) is 10.9 Å². The van der Waals surface area contributed by atoms with E-state index in [4.69, 9.17) is 33.7 Å². The molecule has 2 N–H and O–H groups in total. The second-order valence-electron chi connectivity index (χ2n) is 5.91. The molecule has 0 aliphatic carbocycles. The third kappa shape index (κ3) is 4.54. The molecule has 1 amide bonds. The molecule has 0 aliphatic heterocycles. The number of hydrogen-bond acceptors (Lipinski definition) is 6. The second-order valence-corrected chi connectivity index (χ2v) is 6.68. The van der Waals surface area contributed by atoms with Gasteiger partial charge in [-0.3, -0.25) is 18.7 Å². The molecule has 0 saturated heterocycles. The molecule has 156 valence electrons. The molecule has 29 heavy (non-hydrogen) atoms. The summed E-state index contributed by atoms with van der Waals surface area (Å²) in [5, 5.41) is 10.5. The number of aromatic nitrogens is 3. The molecule has 0 saturated carbocycles. The highest BCUT2D eigenvalue weighted by molar-refractivity contribution is 7.71. The maximum Gasteiger partial charge on any atom is 0.338 e. The molecule has 0 aliphatic rings. The lowest BCUT2D eigenvalue weighted by atomic mass is 10.2. The van der Waals surface area contributed by atoms with E-state index >= 15 is 0 Å². The summed E-state index contributed by atoms with van der Waals surface area (Å²) in [5.74, 6) is -3.19. The Labute approximate surface area is 172 Å². The molecule has 1 aromatic carbocycles. The minimum Gasteiger partial charge on any atom is -0.480 e. The molecule has 0 spiro atoms. The maximum absolute atomic E-state index is 14.5. The van der Waals surface area contributed by atoms with Gasteiger partial charge in [0.05, 0.1) is 10.7 Å². The minimum absolute atomic E-state index is 0.0641. The zero-order chi connectivity index (χ0) is 22.0. The summed E-state index contributed by atoms with van der Waals surface area (Å²) >= 11 is 10.9. The Morgan fingerprint density at radius 3 is 2.34 bits per heavy atom. The summed E-state index contributed by atoms with van der Waals surface area (Å²) in [7, 11) is 2.64. The van der Waals surface area contributed by atoms with E-state index in [0.29, 0.717) is 4.57 Å². The van der Waals surface area contributed by atoms with Crippen LogP contribution in [0.25, 0.3) is 5.69 Å². The highest BCUT2D eigenvalue weighted by Gasteiger charge is 2.21. The number of rotatable bonds is 6. The number of nitrogens with zero attached hydrogens (tertiary/aromatic N) is 3. The number of hydrogen-bond donors (Lipinski definition) is 2. The molecule has 1 heterocycles. The third-order valence-corrected chi connectivity index (χ3v) is 4.70. The van der Waals surface area contributed by atoms with Gasteiger partial charge in [-0.15, -0.1) is 0 Å². The van der Waals surface area contributed by atoms with Crippen LogP contribution in [0.15, 0.2) is 21.7 Å². The normalized spacial score (nSPS) is 11.8. The van der Waals surface area contributed by atoms with Crippen molar-refractivity contribution < 1.29 is 23.8 Å². The van der Waals surface area contributed by atoms with Crippen molar-refractivity contribution in [2.45, 2.75) is 13.0 Å². The number of halogens is 2. The van der Waals surface area contributed by atoms with Gasteiger partial charge < -0.3 is 15.2 Å². The van der Waals surface area contributed by atoms with Crippen molar-refractivity contribution in [3.63, 3.8) is 0 Å². The molecule has 1 aromatic heterocycles. The Morgan fingerprint density at radius 1 is 1.28 bits per heavy atom. The number of carboxylic acid groups (broad SMARTS) is 1. The molecular formula is C16H16ClFN4O6S. The summed E-state index contributed by atoms with van der Waals surface area (Å²) in [6.45, 7) is 0.692. The van der Waals surface area contributed by atoms with Crippen LogP contribution in [0.2, 0.25) is 5.02 Å². The Hall–Kier alpha value is -2.99. The fraction of sp³-hybridized carbons (Fsp3) is 0.312. The quantitative estimate of drug-likeness (QED) is 0.614. The first kappa shape index (κ1) is 22.3. The predicted molar refractivity (Wildman–Crippen MR) is 103 cm³/mol. The number of nitrogens with one attached hydrogen (secondary N) is 1. The Kier molecular flexibility index (Phi) is 6.59. The largest absolute Gasteiger partial charge is 0.480 e. The first-order valence-corrected chi connectivity index (χ1v) is 8.79. The van der Waals surface area contributed by atoms with E-state index < -0.39 is 47.4 Å². The van der Waals surface area contributed by atoms with Crippen molar-refractivity contribution in [3.05, 3.63) is 48.7 Å². The number of benzene rings is 1. The monoisotopic (exact) mass is 446 g/mol. The van der Waals surface area contributed by atoms with Crippen LogP contribution in [0.3, 0.4) is 0 Å². The fourth-order valence-corrected chi connectivity index (χ4v) is 2.66. The average Bonchev–Trinajstić information content (AvgIpc) is 2.66.